The Balaban J connectivity index is 1.92. The Morgan fingerprint density at radius 2 is 1.92 bits per heavy atom. The summed E-state index contributed by atoms with van der Waals surface area (Å²) < 4.78 is 5.77. The smallest absolute Gasteiger partial charge is 0.238 e. The fourth-order valence-corrected chi connectivity index (χ4v) is 3.04. The molecule has 1 aromatic rings. The van der Waals surface area contributed by atoms with Crippen LogP contribution in [-0.4, -0.2) is 55.7 Å². The minimum absolute atomic E-state index is 0.0977. The van der Waals surface area contributed by atoms with Gasteiger partial charge in [0.2, 0.25) is 5.91 Å². The predicted molar refractivity (Wildman–Crippen MR) is 106 cm³/mol. The van der Waals surface area contributed by atoms with Gasteiger partial charge in [0.15, 0.2) is 0 Å². The van der Waals surface area contributed by atoms with Crippen molar-refractivity contribution < 1.29 is 9.53 Å². The van der Waals surface area contributed by atoms with Gasteiger partial charge in [-0.25, -0.2) is 0 Å². The zero-order valence-electron chi connectivity index (χ0n) is 15.8. The fourth-order valence-electron chi connectivity index (χ4n) is 3.04. The molecule has 0 bridgehead atoms. The van der Waals surface area contributed by atoms with Crippen LogP contribution >= 0.6 is 0 Å². The number of hydrogen-bond donors (Lipinski definition) is 1. The van der Waals surface area contributed by atoms with Crippen molar-refractivity contribution in [1.82, 2.24) is 4.90 Å². The molecule has 1 N–H and O–H groups in total. The van der Waals surface area contributed by atoms with E-state index in [1.807, 2.05) is 29.2 Å². The lowest BCUT2D eigenvalue weighted by atomic mass is 10.2. The lowest BCUT2D eigenvalue weighted by Gasteiger charge is -2.36. The molecule has 1 saturated heterocycles. The molecular formula is C21H27N3O2. The van der Waals surface area contributed by atoms with Crippen molar-refractivity contribution in [2.75, 3.05) is 42.9 Å². The van der Waals surface area contributed by atoms with E-state index >= 15 is 0 Å². The molecule has 1 aliphatic rings. The molecular weight excluding hydrogens is 326 g/mol. The molecule has 0 radical (unpaired) electrons. The fraction of sp³-hybridized carbons (Fsp3) is 0.476. The topological polar surface area (TPSA) is 44.8 Å². The van der Waals surface area contributed by atoms with Crippen LogP contribution in [0.15, 0.2) is 24.3 Å². The van der Waals surface area contributed by atoms with Gasteiger partial charge in [-0.05, 0) is 45.0 Å². The molecule has 0 spiro atoms. The lowest BCUT2D eigenvalue weighted by Crippen LogP contribution is -2.45. The summed E-state index contributed by atoms with van der Waals surface area (Å²) in [5, 5.41) is 2.91. The van der Waals surface area contributed by atoms with Crippen LogP contribution < -0.4 is 10.2 Å². The second-order valence-corrected chi connectivity index (χ2v) is 6.53. The van der Waals surface area contributed by atoms with Crippen molar-refractivity contribution in [2.24, 2.45) is 0 Å². The van der Waals surface area contributed by atoms with Gasteiger partial charge in [0.05, 0.1) is 31.8 Å². The summed E-state index contributed by atoms with van der Waals surface area (Å²) in [4.78, 5) is 16.4. The highest BCUT2D eigenvalue weighted by Crippen LogP contribution is 2.22. The number of ether oxygens (including phenoxy) is 1. The summed E-state index contributed by atoms with van der Waals surface area (Å²) in [5.41, 5.74) is 1.91. The average molecular weight is 353 g/mol. The molecule has 1 amide bonds. The van der Waals surface area contributed by atoms with E-state index < -0.39 is 0 Å². The third-order valence-electron chi connectivity index (χ3n) is 4.10. The van der Waals surface area contributed by atoms with Gasteiger partial charge in [0, 0.05) is 24.5 Å². The standard InChI is InChI=1S/C21H27N3O2/c1-5-7-13-23(12-6-2)16-21(25)22-19-8-10-20(11-9-19)24-14-17(3)26-18(4)15-24/h2,8-11,17-18H,12-16H2,1,3-4H3,(H,22,25). The van der Waals surface area contributed by atoms with E-state index in [0.29, 0.717) is 13.1 Å². The molecule has 5 heteroatoms. The van der Waals surface area contributed by atoms with E-state index in [2.05, 4.69) is 41.8 Å². The number of rotatable bonds is 6. The number of anilines is 2. The first-order valence-electron chi connectivity index (χ1n) is 8.87. The van der Waals surface area contributed by atoms with Crippen LogP contribution in [0.5, 0.6) is 0 Å². The molecule has 0 saturated carbocycles. The largest absolute Gasteiger partial charge is 0.372 e. The van der Waals surface area contributed by atoms with Crippen LogP contribution in [0.3, 0.4) is 0 Å². The van der Waals surface area contributed by atoms with Crippen LogP contribution in [0.25, 0.3) is 0 Å². The number of hydrogen-bond acceptors (Lipinski definition) is 4. The lowest BCUT2D eigenvalue weighted by molar-refractivity contribution is -0.117. The highest BCUT2D eigenvalue weighted by molar-refractivity contribution is 5.92. The number of carbonyl (C=O) groups excluding carboxylic acids is 1. The Hall–Kier alpha value is -2.47. The molecule has 2 unspecified atom stereocenters. The number of carbonyl (C=O) groups is 1. The molecule has 1 heterocycles. The quantitative estimate of drug-likeness (QED) is 0.797. The Morgan fingerprint density at radius 1 is 1.27 bits per heavy atom. The number of amides is 1. The highest BCUT2D eigenvalue weighted by atomic mass is 16.5. The molecule has 1 aliphatic heterocycles. The Morgan fingerprint density at radius 3 is 2.50 bits per heavy atom. The van der Waals surface area contributed by atoms with Gasteiger partial charge in [-0.15, -0.1) is 12.3 Å². The summed E-state index contributed by atoms with van der Waals surface area (Å²) in [6.07, 6.45) is 5.78. The SMILES string of the molecule is C#CCN(CC#CC)CC(=O)Nc1ccc(N2CC(C)OC(C)C2)cc1. The molecule has 1 fully saturated rings. The zero-order chi connectivity index (χ0) is 18.9. The van der Waals surface area contributed by atoms with Gasteiger partial charge >= 0.3 is 0 Å². The van der Waals surface area contributed by atoms with E-state index in [0.717, 1.165) is 24.5 Å². The van der Waals surface area contributed by atoms with Gasteiger partial charge in [-0.1, -0.05) is 11.8 Å². The van der Waals surface area contributed by atoms with E-state index in [-0.39, 0.29) is 24.7 Å². The number of morpholine rings is 1. The van der Waals surface area contributed by atoms with Crippen LogP contribution in [0.4, 0.5) is 11.4 Å². The van der Waals surface area contributed by atoms with E-state index in [4.69, 9.17) is 11.2 Å². The second-order valence-electron chi connectivity index (χ2n) is 6.53. The van der Waals surface area contributed by atoms with Crippen molar-refractivity contribution in [2.45, 2.75) is 33.0 Å². The van der Waals surface area contributed by atoms with Gasteiger partial charge < -0.3 is 15.0 Å². The minimum atomic E-state index is -0.0977. The van der Waals surface area contributed by atoms with E-state index in [1.165, 1.54) is 0 Å². The molecule has 26 heavy (non-hydrogen) atoms. The summed E-state index contributed by atoms with van der Waals surface area (Å²) in [5.74, 6) is 8.22. The minimum Gasteiger partial charge on any atom is -0.372 e. The van der Waals surface area contributed by atoms with Gasteiger partial charge in [-0.2, -0.15) is 0 Å². The normalized spacial score (nSPS) is 19.4. The van der Waals surface area contributed by atoms with Gasteiger partial charge in [0.1, 0.15) is 0 Å². The number of nitrogens with one attached hydrogen (secondary N) is 1. The van der Waals surface area contributed by atoms with Crippen LogP contribution in [0.2, 0.25) is 0 Å². The van der Waals surface area contributed by atoms with Crippen LogP contribution in [-0.2, 0) is 9.53 Å². The third-order valence-corrected chi connectivity index (χ3v) is 4.10. The number of terminal acetylenes is 1. The molecule has 138 valence electrons. The second kappa shape index (κ2) is 9.87. The first-order valence-corrected chi connectivity index (χ1v) is 8.87. The molecule has 0 aliphatic carbocycles. The van der Waals surface area contributed by atoms with Crippen molar-refractivity contribution in [1.29, 1.82) is 0 Å². The van der Waals surface area contributed by atoms with Crippen molar-refractivity contribution >= 4 is 17.3 Å². The Labute approximate surface area is 156 Å². The molecule has 2 atom stereocenters. The molecule has 5 nitrogen and oxygen atoms in total. The monoisotopic (exact) mass is 353 g/mol. The summed E-state index contributed by atoms with van der Waals surface area (Å²) in [6, 6.07) is 7.91. The molecule has 1 aromatic carbocycles. The summed E-state index contributed by atoms with van der Waals surface area (Å²) in [6.45, 7) is 8.79. The first-order chi connectivity index (χ1) is 12.5. The van der Waals surface area contributed by atoms with Crippen LogP contribution in [0.1, 0.15) is 20.8 Å². The highest BCUT2D eigenvalue weighted by Gasteiger charge is 2.22. The number of nitrogens with zero attached hydrogens (tertiary/aromatic N) is 2. The first kappa shape index (κ1) is 19.8. The Bertz CT molecular complexity index is 687. The molecule has 0 aromatic heterocycles. The Kier molecular flexibility index (Phi) is 7.53. The zero-order valence-corrected chi connectivity index (χ0v) is 15.8. The van der Waals surface area contributed by atoms with Crippen molar-refractivity contribution in [3.63, 3.8) is 0 Å². The van der Waals surface area contributed by atoms with Gasteiger partial charge in [-0.3, -0.25) is 9.69 Å². The molecule has 2 rings (SSSR count). The van der Waals surface area contributed by atoms with E-state index in [9.17, 15) is 4.79 Å². The van der Waals surface area contributed by atoms with E-state index in [1.54, 1.807) is 6.92 Å². The summed E-state index contributed by atoms with van der Waals surface area (Å²) in [7, 11) is 0. The number of benzene rings is 1. The van der Waals surface area contributed by atoms with Crippen molar-refractivity contribution in [3.05, 3.63) is 24.3 Å². The predicted octanol–water partition coefficient (Wildman–Crippen LogP) is 2.20. The van der Waals surface area contributed by atoms with Crippen LogP contribution in [0, 0.1) is 24.2 Å². The third kappa shape index (κ3) is 6.11. The van der Waals surface area contributed by atoms with Gasteiger partial charge in [0.25, 0.3) is 0 Å². The maximum atomic E-state index is 12.2. The maximum absolute atomic E-state index is 12.2. The maximum Gasteiger partial charge on any atom is 0.238 e. The van der Waals surface area contributed by atoms with Crippen molar-refractivity contribution in [3.8, 4) is 24.2 Å². The summed E-state index contributed by atoms with van der Waals surface area (Å²) >= 11 is 0. The average Bonchev–Trinajstić information content (AvgIpc) is 2.59.